The lowest BCUT2D eigenvalue weighted by Gasteiger charge is -2.35. The molecule has 0 aromatic carbocycles. The molecule has 0 radical (unpaired) electrons. The molecule has 17 heavy (non-hydrogen) atoms. The maximum absolute atomic E-state index is 13.2. The predicted octanol–water partition coefficient (Wildman–Crippen LogP) is 2.85. The molecular formula is C9H14F5N3. The summed E-state index contributed by atoms with van der Waals surface area (Å²) in [5.74, 6) is 0. The van der Waals surface area contributed by atoms with Crippen molar-refractivity contribution < 1.29 is 22.0 Å². The van der Waals surface area contributed by atoms with Gasteiger partial charge < -0.3 is 0 Å². The minimum atomic E-state index is -5.60. The smallest absolute Gasteiger partial charge is 0.273 e. The Balaban J connectivity index is 2.90. The van der Waals surface area contributed by atoms with E-state index in [1.54, 1.807) is 13.8 Å². The summed E-state index contributed by atoms with van der Waals surface area (Å²) in [4.78, 5) is -0.0251. The van der Waals surface area contributed by atoms with E-state index in [0.29, 0.717) is 19.3 Å². The number of hydrogen-bond donors (Lipinski definition) is 0. The summed E-state index contributed by atoms with van der Waals surface area (Å²) in [5, 5.41) is 4.84. The van der Waals surface area contributed by atoms with Crippen molar-refractivity contribution in [3.63, 3.8) is 0 Å². The van der Waals surface area contributed by atoms with Crippen LogP contribution in [0.2, 0.25) is 0 Å². The first-order valence-corrected chi connectivity index (χ1v) is 5.29. The number of rotatable bonds is 4. The van der Waals surface area contributed by atoms with Crippen LogP contribution in [0.4, 0.5) is 22.0 Å². The molecule has 1 rings (SSSR count). The summed E-state index contributed by atoms with van der Waals surface area (Å²) in [6, 6.07) is -4.89. The number of nitrogens with zero attached hydrogens (tertiary/aromatic N) is 3. The third-order valence-corrected chi connectivity index (χ3v) is 2.47. The fourth-order valence-corrected chi connectivity index (χ4v) is 1.67. The van der Waals surface area contributed by atoms with Crippen LogP contribution >= 0.6 is 0 Å². The summed E-state index contributed by atoms with van der Waals surface area (Å²) in [6.45, 7) is 3.69. The normalized spacial score (nSPS) is 21.5. The monoisotopic (exact) mass is 259 g/mol. The highest BCUT2D eigenvalue weighted by molar-refractivity contribution is 5.58. The number of hydrogen-bond acceptors (Lipinski definition) is 3. The third kappa shape index (κ3) is 2.44. The molecule has 1 heterocycles. The van der Waals surface area contributed by atoms with Crippen molar-refractivity contribution in [3.05, 3.63) is 0 Å². The molecular weight excluding hydrogens is 245 g/mol. The average Bonchev–Trinajstić information content (AvgIpc) is 2.60. The van der Waals surface area contributed by atoms with Crippen LogP contribution in [0.25, 0.3) is 0 Å². The first-order chi connectivity index (χ1) is 7.75. The Hall–Kier alpha value is -1.08. The van der Waals surface area contributed by atoms with E-state index in [9.17, 15) is 22.0 Å². The summed E-state index contributed by atoms with van der Waals surface area (Å²) >= 11 is 0. The molecule has 1 unspecified atom stereocenters. The minimum Gasteiger partial charge on any atom is -0.273 e. The van der Waals surface area contributed by atoms with Gasteiger partial charge in [0.25, 0.3) is 0 Å². The van der Waals surface area contributed by atoms with E-state index in [2.05, 4.69) is 5.10 Å². The Morgan fingerprint density at radius 3 is 2.18 bits per heavy atom. The second-order valence-electron chi connectivity index (χ2n) is 3.73. The van der Waals surface area contributed by atoms with Crippen molar-refractivity contribution in [2.75, 3.05) is 6.54 Å². The van der Waals surface area contributed by atoms with E-state index in [0.717, 1.165) is 0 Å². The van der Waals surface area contributed by atoms with Gasteiger partial charge in [-0.1, -0.05) is 13.8 Å². The fourth-order valence-electron chi connectivity index (χ4n) is 1.67. The molecule has 0 amide bonds. The summed E-state index contributed by atoms with van der Waals surface area (Å²) < 4.78 is 63.0. The lowest BCUT2D eigenvalue weighted by molar-refractivity contribution is -0.333. The van der Waals surface area contributed by atoms with Crippen LogP contribution in [-0.4, -0.2) is 41.2 Å². The van der Waals surface area contributed by atoms with Crippen LogP contribution < -0.4 is 0 Å². The minimum absolute atomic E-state index is 0.0251. The highest BCUT2D eigenvalue weighted by Gasteiger charge is 2.64. The van der Waals surface area contributed by atoms with E-state index in [1.165, 1.54) is 5.01 Å². The number of hydrazone groups is 1. The fraction of sp³-hybridized carbons (Fsp3) is 0.889. The van der Waals surface area contributed by atoms with Gasteiger partial charge in [0.2, 0.25) is 0 Å². The van der Waals surface area contributed by atoms with E-state index < -0.39 is 18.4 Å². The Morgan fingerprint density at radius 2 is 1.76 bits per heavy atom. The maximum Gasteiger partial charge on any atom is 0.475 e. The van der Waals surface area contributed by atoms with Crippen molar-refractivity contribution in [2.45, 2.75) is 45.1 Å². The Bertz CT molecular complexity index is 289. The van der Waals surface area contributed by atoms with Crippen LogP contribution in [0.3, 0.4) is 0 Å². The standard InChI is InChI=1S/C9H14F5N3/c1-3-5-17-7(4-2)16(6-15-17)9(13,14)8(10,11)12/h6-7H,3-5H2,1-2H3. The molecule has 1 aliphatic heterocycles. The van der Waals surface area contributed by atoms with Crippen LogP contribution in [0, 0.1) is 0 Å². The zero-order valence-electron chi connectivity index (χ0n) is 9.51. The second kappa shape index (κ2) is 4.66. The summed E-state index contributed by atoms with van der Waals surface area (Å²) in [7, 11) is 0. The Morgan fingerprint density at radius 1 is 1.18 bits per heavy atom. The van der Waals surface area contributed by atoms with Gasteiger partial charge >= 0.3 is 12.2 Å². The molecule has 0 aliphatic carbocycles. The van der Waals surface area contributed by atoms with Crippen molar-refractivity contribution in [3.8, 4) is 0 Å². The van der Waals surface area contributed by atoms with Crippen LogP contribution in [0.1, 0.15) is 26.7 Å². The summed E-state index contributed by atoms with van der Waals surface area (Å²) in [6.07, 6.45) is -5.33. The van der Waals surface area contributed by atoms with E-state index >= 15 is 0 Å². The first kappa shape index (κ1) is 14.0. The van der Waals surface area contributed by atoms with Crippen molar-refractivity contribution in [1.82, 2.24) is 9.91 Å². The van der Waals surface area contributed by atoms with E-state index in [4.69, 9.17) is 0 Å². The molecule has 0 bridgehead atoms. The molecule has 0 N–H and O–H groups in total. The SMILES string of the molecule is CCCN1N=CN(C(F)(F)C(F)(F)F)C1CC. The highest BCUT2D eigenvalue weighted by Crippen LogP contribution is 2.40. The molecule has 1 aliphatic rings. The first-order valence-electron chi connectivity index (χ1n) is 5.29. The van der Waals surface area contributed by atoms with Gasteiger partial charge in [-0.25, -0.2) is 0 Å². The van der Waals surface area contributed by atoms with Gasteiger partial charge in [-0.05, 0) is 12.8 Å². The predicted molar refractivity (Wildman–Crippen MR) is 52.4 cm³/mol. The van der Waals surface area contributed by atoms with Gasteiger partial charge in [0.05, 0.1) is 0 Å². The van der Waals surface area contributed by atoms with Gasteiger partial charge in [-0.3, -0.25) is 9.91 Å². The topological polar surface area (TPSA) is 18.8 Å². The highest BCUT2D eigenvalue weighted by atomic mass is 19.4. The van der Waals surface area contributed by atoms with Crippen LogP contribution in [0.5, 0.6) is 0 Å². The number of alkyl halides is 5. The van der Waals surface area contributed by atoms with Crippen molar-refractivity contribution >= 4 is 6.34 Å². The van der Waals surface area contributed by atoms with E-state index in [1.807, 2.05) is 0 Å². The Labute approximate surface area is 95.9 Å². The summed E-state index contributed by atoms with van der Waals surface area (Å²) in [5.41, 5.74) is 0. The van der Waals surface area contributed by atoms with Gasteiger partial charge in [0, 0.05) is 6.54 Å². The molecule has 0 aromatic heterocycles. The largest absolute Gasteiger partial charge is 0.475 e. The Kier molecular flexibility index (Phi) is 3.83. The lowest BCUT2D eigenvalue weighted by atomic mass is 10.3. The molecule has 0 saturated carbocycles. The molecule has 3 nitrogen and oxygen atoms in total. The van der Waals surface area contributed by atoms with Gasteiger partial charge in [-0.2, -0.15) is 27.1 Å². The molecule has 8 heteroatoms. The van der Waals surface area contributed by atoms with Crippen molar-refractivity contribution in [1.29, 1.82) is 0 Å². The second-order valence-corrected chi connectivity index (χ2v) is 3.73. The molecule has 0 aromatic rings. The zero-order chi connectivity index (χ0) is 13.3. The molecule has 1 atom stereocenters. The third-order valence-electron chi connectivity index (χ3n) is 2.47. The zero-order valence-corrected chi connectivity index (χ0v) is 9.51. The molecule has 0 saturated heterocycles. The molecule has 0 fully saturated rings. The quantitative estimate of drug-likeness (QED) is 0.571. The van der Waals surface area contributed by atoms with Gasteiger partial charge in [0.1, 0.15) is 12.5 Å². The number of halogens is 5. The van der Waals surface area contributed by atoms with E-state index in [-0.39, 0.29) is 11.3 Å². The van der Waals surface area contributed by atoms with Gasteiger partial charge in [-0.15, -0.1) is 0 Å². The van der Waals surface area contributed by atoms with Crippen LogP contribution in [0.15, 0.2) is 5.10 Å². The lowest BCUT2D eigenvalue weighted by Crippen LogP contribution is -2.56. The van der Waals surface area contributed by atoms with Gasteiger partial charge in [0.15, 0.2) is 0 Å². The van der Waals surface area contributed by atoms with Crippen molar-refractivity contribution in [2.24, 2.45) is 5.10 Å². The average molecular weight is 259 g/mol. The maximum atomic E-state index is 13.2. The van der Waals surface area contributed by atoms with Crippen LogP contribution in [-0.2, 0) is 0 Å². The molecule has 100 valence electrons. The molecule has 0 spiro atoms.